The molecule has 1 aromatic rings. The third kappa shape index (κ3) is 4.03. The zero-order valence-corrected chi connectivity index (χ0v) is 11.8. The van der Waals surface area contributed by atoms with Crippen molar-refractivity contribution in [2.45, 2.75) is 25.8 Å². The maximum atomic E-state index is 8.99. The molecule has 1 aliphatic rings. The van der Waals surface area contributed by atoms with E-state index in [1.165, 1.54) is 12.0 Å². The van der Waals surface area contributed by atoms with E-state index in [4.69, 9.17) is 10.8 Å². The van der Waals surface area contributed by atoms with Crippen LogP contribution in [0.1, 0.15) is 31.4 Å². The molecule has 0 radical (unpaired) electrons. The number of nitrogens with two attached hydrogens (primary N) is 1. The Labute approximate surface area is 116 Å². The van der Waals surface area contributed by atoms with Gasteiger partial charge in [0.05, 0.1) is 0 Å². The van der Waals surface area contributed by atoms with Gasteiger partial charge >= 0.3 is 0 Å². The van der Waals surface area contributed by atoms with Gasteiger partial charge < -0.3 is 15.7 Å². The van der Waals surface area contributed by atoms with E-state index in [9.17, 15) is 0 Å². The third-order valence-electron chi connectivity index (χ3n) is 4.25. The number of rotatable bonds is 6. The summed E-state index contributed by atoms with van der Waals surface area (Å²) in [6.45, 7) is 5.87. The van der Waals surface area contributed by atoms with E-state index in [1.807, 2.05) is 6.07 Å². The second kappa shape index (κ2) is 7.04. The van der Waals surface area contributed by atoms with Crippen molar-refractivity contribution in [3.8, 4) is 0 Å². The molecule has 1 saturated heterocycles. The Morgan fingerprint density at radius 2 is 2.11 bits per heavy atom. The SMILES string of the molecule is CC(CN1CCC(CCO)C1)C(N)c1ccccc1. The summed E-state index contributed by atoms with van der Waals surface area (Å²) < 4.78 is 0. The smallest absolute Gasteiger partial charge is 0.0434 e. The highest BCUT2D eigenvalue weighted by atomic mass is 16.3. The average Bonchev–Trinajstić information content (AvgIpc) is 2.86. The van der Waals surface area contributed by atoms with Crippen LogP contribution in [0.25, 0.3) is 0 Å². The summed E-state index contributed by atoms with van der Waals surface area (Å²) in [4.78, 5) is 2.49. The van der Waals surface area contributed by atoms with E-state index in [-0.39, 0.29) is 6.04 Å². The van der Waals surface area contributed by atoms with Crippen molar-refractivity contribution in [1.29, 1.82) is 0 Å². The van der Waals surface area contributed by atoms with Crippen molar-refractivity contribution >= 4 is 0 Å². The van der Waals surface area contributed by atoms with Crippen molar-refractivity contribution in [2.24, 2.45) is 17.6 Å². The fraction of sp³-hybridized carbons (Fsp3) is 0.625. The molecule has 3 unspecified atom stereocenters. The summed E-state index contributed by atoms with van der Waals surface area (Å²) in [7, 11) is 0. The lowest BCUT2D eigenvalue weighted by molar-refractivity contribution is 0.234. The normalized spacial score (nSPS) is 23.4. The van der Waals surface area contributed by atoms with Crippen molar-refractivity contribution in [1.82, 2.24) is 4.90 Å². The first-order valence-electron chi connectivity index (χ1n) is 7.34. The van der Waals surface area contributed by atoms with Crippen LogP contribution in [0.2, 0.25) is 0 Å². The van der Waals surface area contributed by atoms with Gasteiger partial charge in [0.25, 0.3) is 0 Å². The van der Waals surface area contributed by atoms with Crippen LogP contribution in [0.4, 0.5) is 0 Å². The first kappa shape index (κ1) is 14.5. The molecule has 1 heterocycles. The second-order valence-corrected chi connectivity index (χ2v) is 5.84. The number of benzene rings is 1. The summed E-state index contributed by atoms with van der Waals surface area (Å²) >= 11 is 0. The van der Waals surface area contributed by atoms with Gasteiger partial charge in [-0.2, -0.15) is 0 Å². The topological polar surface area (TPSA) is 49.5 Å². The molecule has 1 fully saturated rings. The van der Waals surface area contributed by atoms with Gasteiger partial charge in [-0.15, -0.1) is 0 Å². The lowest BCUT2D eigenvalue weighted by Gasteiger charge is -2.25. The van der Waals surface area contributed by atoms with Gasteiger partial charge in [-0.25, -0.2) is 0 Å². The molecule has 106 valence electrons. The van der Waals surface area contributed by atoms with Gasteiger partial charge in [0.15, 0.2) is 0 Å². The summed E-state index contributed by atoms with van der Waals surface area (Å²) in [6.07, 6.45) is 2.16. The molecule has 19 heavy (non-hydrogen) atoms. The number of hydrogen-bond donors (Lipinski definition) is 2. The molecule has 0 aliphatic carbocycles. The average molecular weight is 262 g/mol. The Morgan fingerprint density at radius 3 is 2.79 bits per heavy atom. The van der Waals surface area contributed by atoms with E-state index in [2.05, 4.69) is 36.1 Å². The molecule has 1 aliphatic heterocycles. The first-order chi connectivity index (χ1) is 9.20. The van der Waals surface area contributed by atoms with Crippen LogP contribution in [0.5, 0.6) is 0 Å². The molecule has 0 spiro atoms. The van der Waals surface area contributed by atoms with Crippen LogP contribution >= 0.6 is 0 Å². The van der Waals surface area contributed by atoms with Gasteiger partial charge in [-0.1, -0.05) is 37.3 Å². The lowest BCUT2D eigenvalue weighted by Crippen LogP contribution is -2.32. The molecule has 2 rings (SSSR count). The van der Waals surface area contributed by atoms with Gasteiger partial charge in [0.2, 0.25) is 0 Å². The molecule has 0 bridgehead atoms. The van der Waals surface area contributed by atoms with Gasteiger partial charge in [-0.05, 0) is 36.8 Å². The van der Waals surface area contributed by atoms with Crippen molar-refractivity contribution in [3.05, 3.63) is 35.9 Å². The fourth-order valence-electron chi connectivity index (χ4n) is 3.02. The lowest BCUT2D eigenvalue weighted by atomic mass is 9.95. The van der Waals surface area contributed by atoms with Crippen molar-refractivity contribution < 1.29 is 5.11 Å². The molecule has 0 amide bonds. The summed E-state index contributed by atoms with van der Waals surface area (Å²) in [5, 5.41) is 8.99. The van der Waals surface area contributed by atoms with Gasteiger partial charge in [-0.3, -0.25) is 0 Å². The summed E-state index contributed by atoms with van der Waals surface area (Å²) in [5.41, 5.74) is 7.57. The Bertz CT molecular complexity index is 368. The molecule has 3 N–H and O–H groups in total. The second-order valence-electron chi connectivity index (χ2n) is 5.84. The summed E-state index contributed by atoms with van der Waals surface area (Å²) in [5.74, 6) is 1.13. The van der Waals surface area contributed by atoms with Crippen LogP contribution in [0, 0.1) is 11.8 Å². The molecular formula is C16H26N2O. The largest absolute Gasteiger partial charge is 0.396 e. The quantitative estimate of drug-likeness (QED) is 0.824. The van der Waals surface area contributed by atoms with E-state index in [1.54, 1.807) is 0 Å². The highest BCUT2D eigenvalue weighted by Gasteiger charge is 2.25. The number of likely N-dealkylation sites (tertiary alicyclic amines) is 1. The van der Waals surface area contributed by atoms with Gasteiger partial charge in [0, 0.05) is 25.7 Å². The van der Waals surface area contributed by atoms with Crippen LogP contribution in [-0.4, -0.2) is 36.2 Å². The number of aliphatic hydroxyl groups excluding tert-OH is 1. The highest BCUT2D eigenvalue weighted by molar-refractivity contribution is 5.19. The number of aliphatic hydroxyl groups is 1. The summed E-state index contributed by atoms with van der Waals surface area (Å²) in [6, 6.07) is 10.5. The first-order valence-corrected chi connectivity index (χ1v) is 7.34. The molecule has 0 aromatic heterocycles. The van der Waals surface area contributed by atoms with Crippen molar-refractivity contribution in [3.63, 3.8) is 0 Å². The molecule has 3 heteroatoms. The van der Waals surface area contributed by atoms with Crippen LogP contribution < -0.4 is 5.73 Å². The standard InChI is InChI=1S/C16H26N2O/c1-13(16(17)15-5-3-2-4-6-15)11-18-9-7-14(12-18)8-10-19/h2-6,13-14,16,19H,7-12,17H2,1H3. The number of nitrogens with zero attached hydrogens (tertiary/aromatic N) is 1. The van der Waals surface area contributed by atoms with Crippen LogP contribution in [0.15, 0.2) is 30.3 Å². The predicted octanol–water partition coefficient (Wildman–Crippen LogP) is 2.03. The third-order valence-corrected chi connectivity index (χ3v) is 4.25. The minimum atomic E-state index is 0.109. The Balaban J connectivity index is 1.83. The van der Waals surface area contributed by atoms with Crippen LogP contribution in [-0.2, 0) is 0 Å². The molecule has 1 aromatic carbocycles. The van der Waals surface area contributed by atoms with Gasteiger partial charge in [0.1, 0.15) is 0 Å². The zero-order valence-electron chi connectivity index (χ0n) is 11.8. The Hall–Kier alpha value is -0.900. The number of hydrogen-bond acceptors (Lipinski definition) is 3. The minimum absolute atomic E-state index is 0.109. The fourth-order valence-corrected chi connectivity index (χ4v) is 3.02. The van der Waals surface area contributed by atoms with E-state index >= 15 is 0 Å². The molecule has 3 atom stereocenters. The van der Waals surface area contributed by atoms with E-state index in [0.717, 1.165) is 26.1 Å². The van der Waals surface area contributed by atoms with E-state index < -0.39 is 0 Å². The Kier molecular flexibility index (Phi) is 5.37. The monoisotopic (exact) mass is 262 g/mol. The highest BCUT2D eigenvalue weighted by Crippen LogP contribution is 2.24. The molecular weight excluding hydrogens is 236 g/mol. The minimum Gasteiger partial charge on any atom is -0.396 e. The van der Waals surface area contributed by atoms with E-state index in [0.29, 0.717) is 18.4 Å². The maximum absolute atomic E-state index is 8.99. The zero-order chi connectivity index (χ0) is 13.7. The van der Waals surface area contributed by atoms with Crippen LogP contribution in [0.3, 0.4) is 0 Å². The Morgan fingerprint density at radius 1 is 1.37 bits per heavy atom. The molecule has 0 saturated carbocycles. The maximum Gasteiger partial charge on any atom is 0.0434 e. The van der Waals surface area contributed by atoms with Crippen molar-refractivity contribution in [2.75, 3.05) is 26.2 Å². The predicted molar refractivity (Wildman–Crippen MR) is 78.8 cm³/mol. The molecule has 3 nitrogen and oxygen atoms in total.